The van der Waals surface area contributed by atoms with Crippen LogP contribution in [0.1, 0.15) is 23.3 Å². The third-order valence-corrected chi connectivity index (χ3v) is 4.37. The summed E-state index contributed by atoms with van der Waals surface area (Å²) in [6.45, 7) is 2.44. The Labute approximate surface area is 145 Å². The number of nitrogens with two attached hydrogens (primary N) is 1. The van der Waals surface area contributed by atoms with E-state index in [4.69, 9.17) is 22.1 Å². The van der Waals surface area contributed by atoms with Crippen LogP contribution < -0.4 is 11.1 Å². The zero-order chi connectivity index (χ0) is 16.9. The molecule has 125 valence electrons. The second kappa shape index (κ2) is 7.59. The number of carbonyl (C=O) groups excluding carboxylic acids is 1. The Morgan fingerprint density at radius 1 is 1.38 bits per heavy atom. The summed E-state index contributed by atoms with van der Waals surface area (Å²) in [5.41, 5.74) is 7.63. The Hall–Kier alpha value is -2.18. The maximum Gasteiger partial charge on any atom is 0.267 e. The number of pyridine rings is 2. The number of hydrogen-bond donors (Lipinski definition) is 2. The lowest BCUT2D eigenvalue weighted by Gasteiger charge is -2.22. The normalized spacial score (nSPS) is 15.2. The minimum atomic E-state index is -0.603. The van der Waals surface area contributed by atoms with Crippen LogP contribution in [0.3, 0.4) is 0 Å². The lowest BCUT2D eigenvalue weighted by Crippen LogP contribution is -2.23. The Bertz CT molecular complexity index is 732. The molecule has 0 atom stereocenters. The van der Waals surface area contributed by atoms with Crippen LogP contribution in [0.4, 0.5) is 5.69 Å². The highest BCUT2D eigenvalue weighted by Gasteiger charge is 2.17. The molecule has 3 heterocycles. The average Bonchev–Trinajstić information content (AvgIpc) is 2.61. The molecule has 3 rings (SSSR count). The Morgan fingerprint density at radius 3 is 2.88 bits per heavy atom. The monoisotopic (exact) mass is 345 g/mol. The molecule has 0 saturated carbocycles. The number of hydrogen-bond acceptors (Lipinski definition) is 5. The fourth-order valence-corrected chi connectivity index (χ4v) is 2.92. The molecular weight excluding hydrogens is 328 g/mol. The molecule has 3 N–H and O–H groups in total. The van der Waals surface area contributed by atoms with E-state index in [-0.39, 0.29) is 5.69 Å². The zero-order valence-corrected chi connectivity index (χ0v) is 13.8. The number of rotatable bonds is 5. The molecule has 0 aliphatic carbocycles. The van der Waals surface area contributed by atoms with Gasteiger partial charge in [-0.05, 0) is 30.9 Å². The minimum Gasteiger partial charge on any atom is -0.384 e. The molecule has 1 aliphatic heterocycles. The molecule has 1 fully saturated rings. The highest BCUT2D eigenvalue weighted by atomic mass is 35.5. The maximum atomic E-state index is 11.7. The molecule has 24 heavy (non-hydrogen) atoms. The number of primary amides is 1. The van der Waals surface area contributed by atoms with Crippen molar-refractivity contribution in [3.63, 3.8) is 0 Å². The number of carbonyl (C=O) groups is 1. The van der Waals surface area contributed by atoms with E-state index in [0.29, 0.717) is 22.1 Å². The number of anilines is 1. The van der Waals surface area contributed by atoms with Gasteiger partial charge in [-0.1, -0.05) is 11.6 Å². The minimum absolute atomic E-state index is 0.174. The highest BCUT2D eigenvalue weighted by Crippen LogP contribution is 2.30. The summed E-state index contributed by atoms with van der Waals surface area (Å²) >= 11 is 6.19. The molecule has 0 aromatic carbocycles. The van der Waals surface area contributed by atoms with Gasteiger partial charge in [0.25, 0.3) is 5.91 Å². The second-order valence-electron chi connectivity index (χ2n) is 5.71. The Balaban J connectivity index is 1.85. The van der Waals surface area contributed by atoms with Gasteiger partial charge in [-0.15, -0.1) is 0 Å². The first kappa shape index (κ1) is 16.7. The summed E-state index contributed by atoms with van der Waals surface area (Å²) in [6, 6.07) is 3.45. The predicted octanol–water partition coefficient (Wildman–Crippen LogP) is 2.53. The van der Waals surface area contributed by atoms with E-state index < -0.39 is 5.91 Å². The fraction of sp³-hybridized carbons (Fsp3) is 0.353. The first-order valence-electron chi connectivity index (χ1n) is 7.78. The van der Waals surface area contributed by atoms with E-state index >= 15 is 0 Å². The van der Waals surface area contributed by atoms with Crippen molar-refractivity contribution in [1.29, 1.82) is 0 Å². The largest absolute Gasteiger partial charge is 0.384 e. The summed E-state index contributed by atoms with van der Waals surface area (Å²) in [4.78, 5) is 19.7. The predicted molar refractivity (Wildman–Crippen MR) is 91.9 cm³/mol. The van der Waals surface area contributed by atoms with E-state index in [1.807, 2.05) is 6.07 Å². The summed E-state index contributed by atoms with van der Waals surface area (Å²) in [5, 5.41) is 3.79. The van der Waals surface area contributed by atoms with E-state index in [0.717, 1.165) is 38.3 Å². The SMILES string of the molecule is NC(=O)c1ncc(NCC2CCOCC2)cc1-c1c[c]ncc1Cl. The molecule has 7 heteroatoms. The van der Waals surface area contributed by atoms with E-state index in [9.17, 15) is 4.79 Å². The summed E-state index contributed by atoms with van der Waals surface area (Å²) in [6.07, 6.45) is 7.89. The van der Waals surface area contributed by atoms with Gasteiger partial charge < -0.3 is 15.8 Å². The molecule has 2 aromatic heterocycles. The lowest BCUT2D eigenvalue weighted by molar-refractivity contribution is 0.0699. The third kappa shape index (κ3) is 3.83. The van der Waals surface area contributed by atoms with Crippen molar-refractivity contribution in [2.45, 2.75) is 12.8 Å². The van der Waals surface area contributed by atoms with Crippen LogP contribution in [0.2, 0.25) is 5.02 Å². The van der Waals surface area contributed by atoms with Crippen LogP contribution in [0.5, 0.6) is 0 Å². The third-order valence-electron chi connectivity index (χ3n) is 4.07. The molecule has 2 aromatic rings. The second-order valence-corrected chi connectivity index (χ2v) is 6.12. The molecule has 1 aliphatic rings. The summed E-state index contributed by atoms with van der Waals surface area (Å²) < 4.78 is 5.37. The lowest BCUT2D eigenvalue weighted by atomic mass is 10.00. The van der Waals surface area contributed by atoms with Gasteiger partial charge in [0.15, 0.2) is 0 Å². The molecule has 0 unspecified atom stereocenters. The topological polar surface area (TPSA) is 90.1 Å². The van der Waals surface area contributed by atoms with Crippen LogP contribution in [-0.2, 0) is 4.74 Å². The van der Waals surface area contributed by atoms with Gasteiger partial charge in [0.2, 0.25) is 0 Å². The Morgan fingerprint density at radius 2 is 2.17 bits per heavy atom. The number of amides is 1. The van der Waals surface area contributed by atoms with Gasteiger partial charge in [0.05, 0.1) is 23.1 Å². The first-order chi connectivity index (χ1) is 11.6. The van der Waals surface area contributed by atoms with Crippen LogP contribution in [0, 0.1) is 12.1 Å². The smallest absolute Gasteiger partial charge is 0.267 e. The Kier molecular flexibility index (Phi) is 5.27. The first-order valence-corrected chi connectivity index (χ1v) is 8.16. The molecule has 1 saturated heterocycles. The fourth-order valence-electron chi connectivity index (χ4n) is 2.72. The highest BCUT2D eigenvalue weighted by molar-refractivity contribution is 6.33. The van der Waals surface area contributed by atoms with E-state index in [1.54, 1.807) is 12.3 Å². The van der Waals surface area contributed by atoms with Crippen molar-refractivity contribution < 1.29 is 9.53 Å². The number of halogens is 1. The van der Waals surface area contributed by atoms with Gasteiger partial charge in [-0.25, -0.2) is 4.98 Å². The van der Waals surface area contributed by atoms with Crippen molar-refractivity contribution in [3.05, 3.63) is 41.4 Å². The summed E-state index contributed by atoms with van der Waals surface area (Å²) in [5.74, 6) is -0.0373. The summed E-state index contributed by atoms with van der Waals surface area (Å²) in [7, 11) is 0. The maximum absolute atomic E-state index is 11.7. The molecule has 1 amide bonds. The number of nitrogens with zero attached hydrogens (tertiary/aromatic N) is 2. The van der Waals surface area contributed by atoms with Gasteiger partial charge in [0, 0.05) is 37.1 Å². The van der Waals surface area contributed by atoms with E-state index in [2.05, 4.69) is 21.5 Å². The van der Waals surface area contributed by atoms with Crippen molar-refractivity contribution in [2.75, 3.05) is 25.1 Å². The molecule has 1 radical (unpaired) electrons. The zero-order valence-electron chi connectivity index (χ0n) is 13.1. The van der Waals surface area contributed by atoms with Gasteiger partial charge in [-0.2, -0.15) is 0 Å². The molecule has 0 spiro atoms. The van der Waals surface area contributed by atoms with Crippen molar-refractivity contribution in [3.8, 4) is 11.1 Å². The van der Waals surface area contributed by atoms with Gasteiger partial charge in [0.1, 0.15) is 5.69 Å². The van der Waals surface area contributed by atoms with Crippen molar-refractivity contribution in [2.24, 2.45) is 11.7 Å². The molecular formula is C17H18ClN4O2. The van der Waals surface area contributed by atoms with Crippen LogP contribution in [-0.4, -0.2) is 35.6 Å². The van der Waals surface area contributed by atoms with Crippen molar-refractivity contribution in [1.82, 2.24) is 9.97 Å². The number of ether oxygens (including phenoxy) is 1. The van der Waals surface area contributed by atoms with E-state index in [1.165, 1.54) is 6.20 Å². The van der Waals surface area contributed by atoms with Gasteiger partial charge in [-0.3, -0.25) is 9.78 Å². The van der Waals surface area contributed by atoms with Crippen LogP contribution in [0.15, 0.2) is 24.5 Å². The quantitative estimate of drug-likeness (QED) is 0.869. The molecule has 0 bridgehead atoms. The number of aromatic nitrogens is 2. The molecule has 6 nitrogen and oxygen atoms in total. The average molecular weight is 346 g/mol. The van der Waals surface area contributed by atoms with Crippen LogP contribution in [0.25, 0.3) is 11.1 Å². The van der Waals surface area contributed by atoms with Crippen LogP contribution >= 0.6 is 11.6 Å². The van der Waals surface area contributed by atoms with Crippen molar-refractivity contribution >= 4 is 23.2 Å². The van der Waals surface area contributed by atoms with Gasteiger partial charge >= 0.3 is 0 Å². The number of nitrogens with one attached hydrogen (secondary N) is 1. The standard InChI is InChI=1S/C17H18ClN4O2/c18-15-10-20-4-1-13(15)14-7-12(9-22-16(14)17(19)23)21-8-11-2-5-24-6-3-11/h1,7,9-11,21H,2-3,5-6,8H2,(H2,19,23).